The van der Waals surface area contributed by atoms with Gasteiger partial charge in [0.2, 0.25) is 7.60 Å². The van der Waals surface area contributed by atoms with Gasteiger partial charge < -0.3 is 27.1 Å². The zero-order valence-electron chi connectivity index (χ0n) is 18.8. The van der Waals surface area contributed by atoms with Crippen LogP contribution in [0.3, 0.4) is 0 Å². The van der Waals surface area contributed by atoms with E-state index in [4.69, 9.17) is 27.1 Å². The van der Waals surface area contributed by atoms with Gasteiger partial charge in [0.05, 0.1) is 44.3 Å². The fourth-order valence-electron chi connectivity index (χ4n) is 2.57. The number of rotatable bonds is 15. The van der Waals surface area contributed by atoms with Gasteiger partial charge in [0.15, 0.2) is 0 Å². The molecule has 1 aliphatic heterocycles. The SMILES string of the molecule is CCOP(=O)(OCC)C1=C[C@H](P(=O)(OCC)OCC)[C-](P(=O)(OCC)OCC)S1.[Na+]. The molecule has 9 nitrogen and oxygen atoms in total. The van der Waals surface area contributed by atoms with Gasteiger partial charge in [-0.15, -0.1) is 4.99 Å². The Morgan fingerprint density at radius 2 is 1.17 bits per heavy atom. The van der Waals surface area contributed by atoms with Crippen LogP contribution >= 0.6 is 34.5 Å². The number of hydrogen-bond donors (Lipinski definition) is 0. The number of allylic oxidation sites excluding steroid dienone is 1. The molecule has 0 spiro atoms. The van der Waals surface area contributed by atoms with E-state index in [9.17, 15) is 13.7 Å². The second-order valence-corrected chi connectivity index (χ2v) is 13.3. The topological polar surface area (TPSA) is 107 Å². The molecule has 0 unspecified atom stereocenters. The first-order valence-electron chi connectivity index (χ1n) is 9.64. The Bertz CT molecular complexity index is 661. The van der Waals surface area contributed by atoms with E-state index in [1.807, 2.05) is 0 Å². The molecule has 0 amide bonds. The molecule has 0 radical (unpaired) electrons. The second kappa shape index (κ2) is 14.7. The molecule has 0 saturated heterocycles. The van der Waals surface area contributed by atoms with Crippen molar-refractivity contribution in [2.24, 2.45) is 0 Å². The van der Waals surface area contributed by atoms with Crippen molar-refractivity contribution >= 4 is 34.5 Å². The van der Waals surface area contributed by atoms with Crippen molar-refractivity contribution in [3.8, 4) is 0 Å². The predicted molar refractivity (Wildman–Crippen MR) is 115 cm³/mol. The molecule has 0 aromatic heterocycles. The van der Waals surface area contributed by atoms with Gasteiger partial charge in [0, 0.05) is 0 Å². The standard InChI is InChI=1S/C16H32O9P3S.Na/c1-7-20-26(17,21-8-2)14-13-15(27(18,22-9-3)23-10-4)29-16(14)28(19,24-11-5)25-12-6;/h13-14H,7-12H2,1-6H3;/q-1;+1/t14-;/m0./s1. The molecule has 0 bridgehead atoms. The summed E-state index contributed by atoms with van der Waals surface area (Å²) < 4.78 is 73.2. The van der Waals surface area contributed by atoms with Crippen LogP contribution in [0.2, 0.25) is 0 Å². The van der Waals surface area contributed by atoms with E-state index >= 15 is 0 Å². The summed E-state index contributed by atoms with van der Waals surface area (Å²) in [5.41, 5.74) is -1.08. The Labute approximate surface area is 206 Å². The van der Waals surface area contributed by atoms with Gasteiger partial charge in [-0.25, -0.2) is 0 Å². The normalized spacial score (nSPS) is 18.3. The van der Waals surface area contributed by atoms with Crippen LogP contribution in [0.15, 0.2) is 10.7 Å². The maximum Gasteiger partial charge on any atom is 1.00 e. The minimum atomic E-state index is -3.85. The van der Waals surface area contributed by atoms with Gasteiger partial charge in [-0.05, 0) is 47.2 Å². The van der Waals surface area contributed by atoms with Crippen molar-refractivity contribution in [3.05, 3.63) is 15.7 Å². The fraction of sp³-hybridized carbons (Fsp3) is 0.812. The van der Waals surface area contributed by atoms with Gasteiger partial charge in [0.25, 0.3) is 0 Å². The molecule has 0 N–H and O–H groups in total. The molecule has 0 aromatic carbocycles. The van der Waals surface area contributed by atoms with Gasteiger partial charge >= 0.3 is 44.7 Å². The maximum absolute atomic E-state index is 13.5. The Morgan fingerprint density at radius 3 is 1.53 bits per heavy atom. The van der Waals surface area contributed by atoms with Crippen LogP contribution in [-0.4, -0.2) is 45.3 Å². The summed E-state index contributed by atoms with van der Waals surface area (Å²) in [5.74, 6) is 0. The van der Waals surface area contributed by atoms with E-state index in [-0.39, 0.29) is 78.8 Å². The molecule has 1 aliphatic rings. The van der Waals surface area contributed by atoms with Crippen molar-refractivity contribution in [1.82, 2.24) is 0 Å². The largest absolute Gasteiger partial charge is 1.00 e. The Balaban J connectivity index is 0.00000841. The summed E-state index contributed by atoms with van der Waals surface area (Å²) in [7, 11) is -11.4. The molecular formula is C16H32NaO9P3S. The molecule has 0 saturated carbocycles. The Morgan fingerprint density at radius 1 is 0.767 bits per heavy atom. The van der Waals surface area contributed by atoms with Crippen LogP contribution in [0.4, 0.5) is 0 Å². The van der Waals surface area contributed by atoms with E-state index in [1.54, 1.807) is 41.5 Å². The average molecular weight is 516 g/mol. The molecule has 30 heavy (non-hydrogen) atoms. The summed E-state index contributed by atoms with van der Waals surface area (Å²) >= 11 is 0.890. The fourth-order valence-corrected chi connectivity index (χ4v) is 11.6. The van der Waals surface area contributed by atoms with Crippen LogP contribution in [0.25, 0.3) is 0 Å². The minimum absolute atomic E-state index is 0. The third-order valence-electron chi connectivity index (χ3n) is 3.46. The van der Waals surface area contributed by atoms with Gasteiger partial charge in [-0.3, -0.25) is 25.5 Å². The van der Waals surface area contributed by atoms with Crippen molar-refractivity contribution < 1.29 is 70.4 Å². The first-order chi connectivity index (χ1) is 13.7. The Kier molecular flexibility index (Phi) is 15.5. The van der Waals surface area contributed by atoms with E-state index < -0.39 is 28.4 Å². The zero-order valence-corrected chi connectivity index (χ0v) is 24.3. The molecule has 1 atom stereocenters. The summed E-state index contributed by atoms with van der Waals surface area (Å²) in [6, 6.07) is 0. The van der Waals surface area contributed by atoms with Gasteiger partial charge in [0.1, 0.15) is 0 Å². The van der Waals surface area contributed by atoms with Crippen LogP contribution in [0.1, 0.15) is 41.5 Å². The van der Waals surface area contributed by atoms with E-state index in [0.717, 1.165) is 11.8 Å². The monoisotopic (exact) mass is 516 g/mol. The molecular weight excluding hydrogens is 484 g/mol. The quantitative estimate of drug-likeness (QED) is 0.183. The van der Waals surface area contributed by atoms with Crippen LogP contribution in [0.5, 0.6) is 0 Å². The first-order valence-corrected chi connectivity index (χ1v) is 15.2. The Hall–Kier alpha value is 1.54. The van der Waals surface area contributed by atoms with Crippen LogP contribution in [0, 0.1) is 4.99 Å². The number of thioether (sulfide) groups is 1. The van der Waals surface area contributed by atoms with Crippen molar-refractivity contribution in [3.63, 3.8) is 0 Å². The molecule has 1 rings (SSSR count). The second-order valence-electron chi connectivity index (χ2n) is 5.43. The van der Waals surface area contributed by atoms with Crippen molar-refractivity contribution in [2.75, 3.05) is 39.6 Å². The smallest absolute Gasteiger partial charge is 0.331 e. The van der Waals surface area contributed by atoms with E-state index in [2.05, 4.69) is 0 Å². The van der Waals surface area contributed by atoms with Crippen LogP contribution < -0.4 is 29.6 Å². The third-order valence-corrected chi connectivity index (χ3v) is 12.8. The minimum Gasteiger partial charge on any atom is -0.331 e. The van der Waals surface area contributed by atoms with Crippen molar-refractivity contribution in [1.29, 1.82) is 0 Å². The molecule has 1 heterocycles. The number of hydrogen-bond acceptors (Lipinski definition) is 10. The van der Waals surface area contributed by atoms with E-state index in [1.165, 1.54) is 6.08 Å². The van der Waals surface area contributed by atoms with Crippen LogP contribution in [-0.2, 0) is 40.8 Å². The summed E-state index contributed by atoms with van der Waals surface area (Å²) in [4.78, 5) is 0.0982. The van der Waals surface area contributed by atoms with Gasteiger partial charge in [-0.2, -0.15) is 0 Å². The molecule has 172 valence electrons. The van der Waals surface area contributed by atoms with E-state index in [0.29, 0.717) is 0 Å². The van der Waals surface area contributed by atoms with Crippen molar-refractivity contribution in [2.45, 2.75) is 47.2 Å². The maximum atomic E-state index is 13.5. The average Bonchev–Trinajstić information content (AvgIpc) is 3.11. The van der Waals surface area contributed by atoms with Gasteiger partial charge in [-0.1, -0.05) is 6.08 Å². The first kappa shape index (κ1) is 31.5. The predicted octanol–water partition coefficient (Wildman–Crippen LogP) is 3.23. The molecule has 0 aliphatic carbocycles. The summed E-state index contributed by atoms with van der Waals surface area (Å²) in [6.07, 6.45) is 1.43. The summed E-state index contributed by atoms with van der Waals surface area (Å²) in [6.45, 7) is 10.8. The molecule has 0 aromatic rings. The third kappa shape index (κ3) is 7.80. The summed E-state index contributed by atoms with van der Waals surface area (Å²) in [5, 5.41) is 0. The molecule has 14 heteroatoms. The zero-order chi connectivity index (χ0) is 22.1. The molecule has 0 fully saturated rings.